The summed E-state index contributed by atoms with van der Waals surface area (Å²) in [5.41, 5.74) is 9.62. The third kappa shape index (κ3) is 7.51. The molecule has 0 saturated heterocycles. The highest BCUT2D eigenvalue weighted by atomic mass is 16.5. The molecule has 9 nitrogen and oxygen atoms in total. The van der Waals surface area contributed by atoms with Crippen molar-refractivity contribution >= 4 is 17.9 Å². The lowest BCUT2D eigenvalue weighted by atomic mass is 10.0. The molecule has 0 spiro atoms. The van der Waals surface area contributed by atoms with Crippen LogP contribution >= 0.6 is 0 Å². The zero-order chi connectivity index (χ0) is 37.6. The molecule has 0 unspecified atom stereocenters. The molecule has 0 radical (unpaired) electrons. The van der Waals surface area contributed by atoms with Crippen LogP contribution in [0.4, 0.5) is 0 Å². The van der Waals surface area contributed by atoms with Gasteiger partial charge in [0.2, 0.25) is 0 Å². The van der Waals surface area contributed by atoms with E-state index in [0.29, 0.717) is 34.2 Å². The average molecular weight is 712 g/mol. The van der Waals surface area contributed by atoms with E-state index < -0.39 is 0 Å². The van der Waals surface area contributed by atoms with Crippen molar-refractivity contribution in [2.75, 3.05) is 21.3 Å². The molecule has 1 heterocycles. The Morgan fingerprint density at radius 2 is 0.463 bits per heavy atom. The Morgan fingerprint density at radius 3 is 0.648 bits per heavy atom. The molecule has 6 aromatic carbocycles. The van der Waals surface area contributed by atoms with Crippen molar-refractivity contribution in [1.82, 2.24) is 15.0 Å². The third-order valence-electron chi connectivity index (χ3n) is 8.98. The zero-order valence-corrected chi connectivity index (χ0v) is 29.6. The minimum Gasteiger partial charge on any atom is -0.465 e. The van der Waals surface area contributed by atoms with E-state index in [9.17, 15) is 14.4 Å². The molecular formula is C45H33N3O6. The van der Waals surface area contributed by atoms with Gasteiger partial charge in [0, 0.05) is 16.7 Å². The van der Waals surface area contributed by atoms with Gasteiger partial charge in [0.25, 0.3) is 0 Å². The van der Waals surface area contributed by atoms with Crippen LogP contribution in [0, 0.1) is 0 Å². The molecule has 0 atom stereocenters. The number of hydrogen-bond acceptors (Lipinski definition) is 9. The normalized spacial score (nSPS) is 10.7. The Bertz CT molecular complexity index is 2150. The maximum atomic E-state index is 11.9. The number of benzene rings is 6. The highest BCUT2D eigenvalue weighted by Crippen LogP contribution is 2.30. The Hall–Kier alpha value is -7.26. The quantitative estimate of drug-likeness (QED) is 0.107. The van der Waals surface area contributed by atoms with Gasteiger partial charge in [0.1, 0.15) is 0 Å². The summed E-state index contributed by atoms with van der Waals surface area (Å²) >= 11 is 0. The smallest absolute Gasteiger partial charge is 0.337 e. The van der Waals surface area contributed by atoms with Gasteiger partial charge in [-0.25, -0.2) is 29.3 Å². The molecule has 0 amide bonds. The van der Waals surface area contributed by atoms with Gasteiger partial charge in [-0.3, -0.25) is 0 Å². The number of nitrogens with zero attached hydrogens (tertiary/aromatic N) is 3. The number of rotatable bonds is 9. The van der Waals surface area contributed by atoms with Crippen molar-refractivity contribution in [1.29, 1.82) is 0 Å². The average Bonchev–Trinajstić information content (AvgIpc) is 3.25. The Balaban J connectivity index is 1.22. The SMILES string of the molecule is COC(=O)c1ccc(-c2ccc(-c3nc(-c4ccc(-c5ccc(C(=O)OC)cc5)cc4)nc(-c4ccc(-c5ccc(C(=O)OC)cc5)cc4)n3)cc2)cc1. The summed E-state index contributed by atoms with van der Waals surface area (Å²) in [5.74, 6) is 0.372. The van der Waals surface area contributed by atoms with E-state index in [0.717, 1.165) is 50.1 Å². The van der Waals surface area contributed by atoms with E-state index in [4.69, 9.17) is 29.2 Å². The number of ether oxygens (including phenoxy) is 3. The molecule has 9 heteroatoms. The van der Waals surface area contributed by atoms with Crippen LogP contribution in [-0.4, -0.2) is 54.2 Å². The van der Waals surface area contributed by atoms with Gasteiger partial charge in [-0.05, 0) is 69.8 Å². The van der Waals surface area contributed by atoms with Crippen molar-refractivity contribution in [3.63, 3.8) is 0 Å². The lowest BCUT2D eigenvalue weighted by Gasteiger charge is -2.11. The minimum atomic E-state index is -0.383. The summed E-state index contributed by atoms with van der Waals surface area (Å²) in [4.78, 5) is 50.4. The molecule has 0 aliphatic heterocycles. The lowest BCUT2D eigenvalue weighted by Crippen LogP contribution is -2.01. The molecule has 0 aliphatic rings. The molecule has 0 bridgehead atoms. The molecule has 7 aromatic rings. The summed E-state index contributed by atoms with van der Waals surface area (Å²) in [6, 6.07) is 45.5. The van der Waals surface area contributed by atoms with Crippen molar-refractivity contribution in [3.05, 3.63) is 162 Å². The molecule has 7 rings (SSSR count). The lowest BCUT2D eigenvalue weighted by molar-refractivity contribution is 0.0592. The highest BCUT2D eigenvalue weighted by Gasteiger charge is 2.15. The first-order valence-electron chi connectivity index (χ1n) is 17.0. The van der Waals surface area contributed by atoms with Gasteiger partial charge < -0.3 is 14.2 Å². The Labute approximate surface area is 311 Å². The van der Waals surface area contributed by atoms with Crippen LogP contribution in [0.2, 0.25) is 0 Å². The number of methoxy groups -OCH3 is 3. The van der Waals surface area contributed by atoms with Crippen molar-refractivity contribution in [2.24, 2.45) is 0 Å². The number of aromatic nitrogens is 3. The van der Waals surface area contributed by atoms with Crippen LogP contribution < -0.4 is 0 Å². The fourth-order valence-corrected chi connectivity index (χ4v) is 5.95. The van der Waals surface area contributed by atoms with E-state index >= 15 is 0 Å². The predicted molar refractivity (Wildman–Crippen MR) is 206 cm³/mol. The second-order valence-corrected chi connectivity index (χ2v) is 12.2. The molecule has 0 aliphatic carbocycles. The zero-order valence-electron chi connectivity index (χ0n) is 29.6. The molecule has 1 aromatic heterocycles. The number of carbonyl (C=O) groups excluding carboxylic acids is 3. The van der Waals surface area contributed by atoms with E-state index in [2.05, 4.69) is 0 Å². The standard InChI is InChI=1S/C45H33N3O6/c1-52-43(49)37-22-10-31(11-23-37)28-4-16-34(17-5-28)40-46-41(35-18-6-29(7-19-35)32-12-24-38(25-13-32)44(50)53-2)48-42(47-40)36-20-8-30(9-21-36)33-14-26-39(27-15-33)45(51)54-3/h4-27H,1-3H3. The van der Waals surface area contributed by atoms with E-state index in [1.165, 1.54) is 21.3 Å². The van der Waals surface area contributed by atoms with Crippen LogP contribution in [0.1, 0.15) is 31.1 Å². The van der Waals surface area contributed by atoms with Crippen molar-refractivity contribution in [3.8, 4) is 67.5 Å². The van der Waals surface area contributed by atoms with E-state index in [1.54, 1.807) is 36.4 Å². The van der Waals surface area contributed by atoms with Crippen LogP contribution in [0.3, 0.4) is 0 Å². The number of esters is 3. The van der Waals surface area contributed by atoms with Gasteiger partial charge in [0.05, 0.1) is 38.0 Å². The summed E-state index contributed by atoms with van der Waals surface area (Å²) in [6.07, 6.45) is 0. The van der Waals surface area contributed by atoms with Crippen molar-refractivity contribution < 1.29 is 28.6 Å². The number of hydrogen-bond donors (Lipinski definition) is 0. The van der Waals surface area contributed by atoms with Crippen LogP contribution in [0.25, 0.3) is 67.5 Å². The Kier molecular flexibility index (Phi) is 10.1. The topological polar surface area (TPSA) is 118 Å². The van der Waals surface area contributed by atoms with Crippen LogP contribution in [-0.2, 0) is 14.2 Å². The van der Waals surface area contributed by atoms with Gasteiger partial charge in [0.15, 0.2) is 17.5 Å². The highest BCUT2D eigenvalue weighted by molar-refractivity contribution is 5.91. The van der Waals surface area contributed by atoms with Gasteiger partial charge in [-0.15, -0.1) is 0 Å². The largest absolute Gasteiger partial charge is 0.465 e. The second kappa shape index (κ2) is 15.5. The molecule has 0 fully saturated rings. The predicted octanol–water partition coefficient (Wildman–Crippen LogP) is 9.23. The van der Waals surface area contributed by atoms with Gasteiger partial charge in [-0.2, -0.15) is 0 Å². The van der Waals surface area contributed by atoms with E-state index in [-0.39, 0.29) is 17.9 Å². The third-order valence-corrected chi connectivity index (χ3v) is 8.98. The summed E-state index contributed by atoms with van der Waals surface area (Å²) in [5, 5.41) is 0. The van der Waals surface area contributed by atoms with Gasteiger partial charge in [-0.1, -0.05) is 109 Å². The first-order valence-corrected chi connectivity index (χ1v) is 17.0. The maximum Gasteiger partial charge on any atom is 0.337 e. The minimum absolute atomic E-state index is 0.383. The van der Waals surface area contributed by atoms with Crippen LogP contribution in [0.5, 0.6) is 0 Å². The molecule has 0 N–H and O–H groups in total. The Morgan fingerprint density at radius 1 is 0.296 bits per heavy atom. The van der Waals surface area contributed by atoms with E-state index in [1.807, 2.05) is 109 Å². The monoisotopic (exact) mass is 711 g/mol. The van der Waals surface area contributed by atoms with Crippen molar-refractivity contribution in [2.45, 2.75) is 0 Å². The summed E-state index contributed by atoms with van der Waals surface area (Å²) in [7, 11) is 4.08. The molecule has 54 heavy (non-hydrogen) atoms. The van der Waals surface area contributed by atoms with Crippen LogP contribution in [0.15, 0.2) is 146 Å². The molecule has 0 saturated carbocycles. The number of carbonyl (C=O) groups is 3. The first-order chi connectivity index (χ1) is 26.3. The molecular weight excluding hydrogens is 679 g/mol. The summed E-state index contributed by atoms with van der Waals surface area (Å²) < 4.78 is 14.5. The fourth-order valence-electron chi connectivity index (χ4n) is 5.95. The first kappa shape index (κ1) is 35.2. The second-order valence-electron chi connectivity index (χ2n) is 12.2. The summed E-state index contributed by atoms with van der Waals surface area (Å²) in [6.45, 7) is 0. The maximum absolute atomic E-state index is 11.9. The molecule has 264 valence electrons. The fraction of sp³-hybridized carbons (Fsp3) is 0.0667. The van der Waals surface area contributed by atoms with Gasteiger partial charge >= 0.3 is 17.9 Å².